The number of fused-ring (bicyclic) bond motifs is 1. The van der Waals surface area contributed by atoms with Crippen LogP contribution in [0.2, 0.25) is 0 Å². The number of thioether (sulfide) groups is 1. The fourth-order valence-corrected chi connectivity index (χ4v) is 3.55. The molecule has 1 aliphatic rings. The minimum atomic E-state index is -0.434. The zero-order valence-electron chi connectivity index (χ0n) is 13.3. The van der Waals surface area contributed by atoms with E-state index < -0.39 is 11.8 Å². The summed E-state index contributed by atoms with van der Waals surface area (Å²) in [5.41, 5.74) is 3.41. The van der Waals surface area contributed by atoms with E-state index in [4.69, 9.17) is 0 Å². The molecule has 0 fully saturated rings. The van der Waals surface area contributed by atoms with Gasteiger partial charge in [0, 0.05) is 10.6 Å². The van der Waals surface area contributed by atoms with Crippen LogP contribution < -0.4 is 10.6 Å². The van der Waals surface area contributed by atoms with Crippen molar-refractivity contribution in [3.63, 3.8) is 0 Å². The van der Waals surface area contributed by atoms with E-state index in [1.807, 2.05) is 32.0 Å². The lowest BCUT2D eigenvalue weighted by molar-refractivity contribution is -0.113. The maximum Gasteiger partial charge on any atom is 0.259 e. The van der Waals surface area contributed by atoms with Gasteiger partial charge in [-0.2, -0.15) is 0 Å². The second kappa shape index (κ2) is 6.49. The minimum absolute atomic E-state index is 0.160. The summed E-state index contributed by atoms with van der Waals surface area (Å²) in [7, 11) is 0. The average molecular weight is 340 g/mol. The summed E-state index contributed by atoms with van der Waals surface area (Å²) in [5, 5.41) is 4.99. The van der Waals surface area contributed by atoms with Crippen molar-refractivity contribution in [3.05, 3.63) is 58.7 Å². The van der Waals surface area contributed by atoms with Gasteiger partial charge < -0.3 is 5.32 Å². The molecule has 0 unspecified atom stereocenters. The van der Waals surface area contributed by atoms with Crippen molar-refractivity contribution >= 4 is 35.2 Å². The van der Waals surface area contributed by atoms with Crippen molar-refractivity contribution in [2.45, 2.75) is 18.7 Å². The SMILES string of the molecule is Cc1cccc(C)c1SCC(=O)Nc1ccc2c(c1)C(=O)NC2=O. The third kappa shape index (κ3) is 3.19. The van der Waals surface area contributed by atoms with Crippen LogP contribution in [0.25, 0.3) is 0 Å². The van der Waals surface area contributed by atoms with Gasteiger partial charge in [-0.05, 0) is 43.2 Å². The number of hydrogen-bond acceptors (Lipinski definition) is 4. The lowest BCUT2D eigenvalue weighted by atomic mass is 10.1. The molecule has 3 rings (SSSR count). The van der Waals surface area contributed by atoms with Gasteiger partial charge in [0.2, 0.25) is 5.91 Å². The fraction of sp³-hybridized carbons (Fsp3) is 0.167. The number of hydrogen-bond donors (Lipinski definition) is 2. The van der Waals surface area contributed by atoms with Gasteiger partial charge in [0.1, 0.15) is 0 Å². The molecule has 1 heterocycles. The maximum absolute atomic E-state index is 12.2. The van der Waals surface area contributed by atoms with Gasteiger partial charge in [-0.25, -0.2) is 0 Å². The van der Waals surface area contributed by atoms with Crippen LogP contribution in [0.1, 0.15) is 31.8 Å². The van der Waals surface area contributed by atoms with Crippen molar-refractivity contribution < 1.29 is 14.4 Å². The molecule has 0 spiro atoms. The molecular formula is C18H16N2O3S. The summed E-state index contributed by atoms with van der Waals surface area (Å²) < 4.78 is 0. The summed E-state index contributed by atoms with van der Waals surface area (Å²) in [6.07, 6.45) is 0. The van der Waals surface area contributed by atoms with E-state index in [-0.39, 0.29) is 11.7 Å². The van der Waals surface area contributed by atoms with Gasteiger partial charge in [0.15, 0.2) is 0 Å². The van der Waals surface area contributed by atoms with Crippen molar-refractivity contribution in [1.82, 2.24) is 5.32 Å². The molecule has 0 saturated carbocycles. The molecule has 0 atom stereocenters. The molecule has 0 aromatic heterocycles. The Hall–Kier alpha value is -2.60. The average Bonchev–Trinajstić information content (AvgIpc) is 2.81. The lowest BCUT2D eigenvalue weighted by Crippen LogP contribution is -2.19. The van der Waals surface area contributed by atoms with E-state index in [2.05, 4.69) is 10.6 Å². The number of benzene rings is 2. The van der Waals surface area contributed by atoms with Crippen molar-refractivity contribution in [2.24, 2.45) is 0 Å². The summed E-state index contributed by atoms with van der Waals surface area (Å²) >= 11 is 1.48. The number of nitrogens with one attached hydrogen (secondary N) is 2. The van der Waals surface area contributed by atoms with Gasteiger partial charge in [0.05, 0.1) is 16.9 Å². The highest BCUT2D eigenvalue weighted by Gasteiger charge is 2.26. The third-order valence-corrected chi connectivity index (χ3v) is 5.12. The van der Waals surface area contributed by atoms with Crippen LogP contribution in [0.5, 0.6) is 0 Å². The zero-order valence-corrected chi connectivity index (χ0v) is 14.1. The van der Waals surface area contributed by atoms with Crippen molar-refractivity contribution in [2.75, 3.05) is 11.1 Å². The zero-order chi connectivity index (χ0) is 17.3. The van der Waals surface area contributed by atoms with E-state index in [0.717, 1.165) is 16.0 Å². The minimum Gasteiger partial charge on any atom is -0.325 e. The van der Waals surface area contributed by atoms with Crippen LogP contribution in [-0.4, -0.2) is 23.5 Å². The lowest BCUT2D eigenvalue weighted by Gasteiger charge is -2.10. The standard InChI is InChI=1S/C18H16N2O3S/c1-10-4-3-5-11(2)16(10)24-9-15(21)19-12-6-7-13-14(8-12)18(23)20-17(13)22/h3-8H,9H2,1-2H3,(H,19,21)(H,20,22,23). The molecule has 2 N–H and O–H groups in total. The molecular weight excluding hydrogens is 324 g/mol. The first-order valence-electron chi connectivity index (χ1n) is 7.44. The van der Waals surface area contributed by atoms with E-state index in [0.29, 0.717) is 16.8 Å². The Balaban J connectivity index is 1.67. The van der Waals surface area contributed by atoms with Gasteiger partial charge >= 0.3 is 0 Å². The molecule has 0 aliphatic carbocycles. The quantitative estimate of drug-likeness (QED) is 0.663. The Kier molecular flexibility index (Phi) is 4.40. The number of amides is 3. The molecule has 0 saturated heterocycles. The Labute approximate surface area is 143 Å². The Morgan fingerprint density at radius 1 is 1.04 bits per heavy atom. The number of carbonyl (C=O) groups excluding carboxylic acids is 3. The molecule has 2 aromatic carbocycles. The van der Waals surface area contributed by atoms with Gasteiger partial charge in [-0.15, -0.1) is 11.8 Å². The highest BCUT2D eigenvalue weighted by Crippen LogP contribution is 2.26. The van der Waals surface area contributed by atoms with E-state index in [1.165, 1.54) is 17.8 Å². The molecule has 24 heavy (non-hydrogen) atoms. The largest absolute Gasteiger partial charge is 0.325 e. The van der Waals surface area contributed by atoms with E-state index in [1.54, 1.807) is 12.1 Å². The van der Waals surface area contributed by atoms with Crippen LogP contribution in [0.3, 0.4) is 0 Å². The fourth-order valence-electron chi connectivity index (χ4n) is 2.61. The number of imide groups is 1. The van der Waals surface area contributed by atoms with Crippen LogP contribution in [0.4, 0.5) is 5.69 Å². The molecule has 0 bridgehead atoms. The highest BCUT2D eigenvalue weighted by atomic mass is 32.2. The predicted octanol–water partition coefficient (Wildman–Crippen LogP) is 2.92. The van der Waals surface area contributed by atoms with Crippen LogP contribution in [0.15, 0.2) is 41.3 Å². The van der Waals surface area contributed by atoms with E-state index >= 15 is 0 Å². The molecule has 2 aromatic rings. The molecule has 3 amide bonds. The number of aryl methyl sites for hydroxylation is 2. The van der Waals surface area contributed by atoms with Crippen molar-refractivity contribution in [3.8, 4) is 0 Å². The van der Waals surface area contributed by atoms with Crippen LogP contribution >= 0.6 is 11.8 Å². The Morgan fingerprint density at radius 3 is 2.42 bits per heavy atom. The van der Waals surface area contributed by atoms with Gasteiger partial charge in [-0.1, -0.05) is 18.2 Å². The summed E-state index contributed by atoms with van der Waals surface area (Å²) in [4.78, 5) is 36.4. The van der Waals surface area contributed by atoms with Crippen LogP contribution in [-0.2, 0) is 4.79 Å². The van der Waals surface area contributed by atoms with Crippen LogP contribution in [0, 0.1) is 13.8 Å². The monoisotopic (exact) mass is 340 g/mol. The second-order valence-corrected chi connectivity index (χ2v) is 6.59. The summed E-state index contributed by atoms with van der Waals surface area (Å²) in [6.45, 7) is 4.03. The van der Waals surface area contributed by atoms with Gasteiger partial charge in [-0.3, -0.25) is 19.7 Å². The first-order chi connectivity index (χ1) is 11.5. The summed E-state index contributed by atoms with van der Waals surface area (Å²) in [6, 6.07) is 10.7. The first-order valence-corrected chi connectivity index (χ1v) is 8.43. The number of rotatable bonds is 4. The smallest absolute Gasteiger partial charge is 0.259 e. The van der Waals surface area contributed by atoms with E-state index in [9.17, 15) is 14.4 Å². The highest BCUT2D eigenvalue weighted by molar-refractivity contribution is 8.00. The summed E-state index contributed by atoms with van der Waals surface area (Å²) in [5.74, 6) is -0.727. The predicted molar refractivity (Wildman–Crippen MR) is 93.5 cm³/mol. The second-order valence-electron chi connectivity index (χ2n) is 5.60. The molecule has 122 valence electrons. The van der Waals surface area contributed by atoms with Crippen molar-refractivity contribution in [1.29, 1.82) is 0 Å². The molecule has 1 aliphatic heterocycles. The topological polar surface area (TPSA) is 75.3 Å². The molecule has 0 radical (unpaired) electrons. The Bertz CT molecular complexity index is 841. The molecule has 5 nitrogen and oxygen atoms in total. The Morgan fingerprint density at radius 2 is 1.71 bits per heavy atom. The number of carbonyl (C=O) groups is 3. The molecule has 6 heteroatoms. The maximum atomic E-state index is 12.2. The normalized spacial score (nSPS) is 12.8. The van der Waals surface area contributed by atoms with Gasteiger partial charge in [0.25, 0.3) is 11.8 Å². The first kappa shape index (κ1) is 16.3. The third-order valence-electron chi connectivity index (χ3n) is 3.78. The number of anilines is 1.